The van der Waals surface area contributed by atoms with Crippen molar-refractivity contribution >= 4 is 46.6 Å². The van der Waals surface area contributed by atoms with Crippen LogP contribution in [0.4, 0.5) is 11.4 Å². The van der Waals surface area contributed by atoms with E-state index in [1.54, 1.807) is 18.2 Å². The van der Waals surface area contributed by atoms with E-state index >= 15 is 0 Å². The highest BCUT2D eigenvalue weighted by Crippen LogP contribution is 2.35. The van der Waals surface area contributed by atoms with E-state index in [4.69, 9.17) is 21.4 Å². The normalized spacial score (nSPS) is 15.0. The zero-order chi connectivity index (χ0) is 24.6. The number of aryl methyl sites for hydroxylation is 1. The number of thiocarbonyl (C=S) groups is 1. The molecule has 10 heteroatoms. The Morgan fingerprint density at radius 2 is 1.91 bits per heavy atom. The summed E-state index contributed by atoms with van der Waals surface area (Å²) in [7, 11) is 1.39. The van der Waals surface area contributed by atoms with Crippen molar-refractivity contribution in [2.45, 2.75) is 13.8 Å². The Morgan fingerprint density at radius 1 is 1.15 bits per heavy atom. The Morgan fingerprint density at radius 3 is 2.62 bits per heavy atom. The summed E-state index contributed by atoms with van der Waals surface area (Å²) in [5, 5.41) is 13.6. The molecule has 1 fully saturated rings. The van der Waals surface area contributed by atoms with Crippen LogP contribution in [0.25, 0.3) is 17.4 Å². The molecular weight excluding hydrogens is 458 g/mol. The Bertz CT molecular complexity index is 1390. The first-order valence-electron chi connectivity index (χ1n) is 10.1. The molecule has 0 saturated carbocycles. The number of nitrogens with zero attached hydrogens (tertiary/aromatic N) is 2. The second kappa shape index (κ2) is 8.91. The number of benzene rings is 2. The van der Waals surface area contributed by atoms with Gasteiger partial charge in [-0.3, -0.25) is 29.9 Å². The molecule has 4 rings (SSSR count). The van der Waals surface area contributed by atoms with Crippen molar-refractivity contribution in [1.29, 1.82) is 0 Å². The highest BCUT2D eigenvalue weighted by Gasteiger charge is 2.35. The van der Waals surface area contributed by atoms with Crippen LogP contribution in [0.5, 0.6) is 5.75 Å². The minimum Gasteiger partial charge on any atom is -0.496 e. The fourth-order valence-corrected chi connectivity index (χ4v) is 3.84. The van der Waals surface area contributed by atoms with Crippen LogP contribution < -0.4 is 15.0 Å². The smallest absolute Gasteiger partial charge is 0.273 e. The van der Waals surface area contributed by atoms with Gasteiger partial charge in [0.1, 0.15) is 22.8 Å². The van der Waals surface area contributed by atoms with Crippen LogP contribution in [0.1, 0.15) is 16.9 Å². The van der Waals surface area contributed by atoms with Gasteiger partial charge in [-0.05, 0) is 67.5 Å². The van der Waals surface area contributed by atoms with Crippen LogP contribution in [0.2, 0.25) is 0 Å². The average molecular weight is 477 g/mol. The van der Waals surface area contributed by atoms with Crippen LogP contribution >= 0.6 is 12.2 Å². The SMILES string of the molecule is COc1cc([N+](=O)[O-])ccc1-c1ccc(/C=C2\C(=O)NC(=S)N(c3cccc(C)c3C)C2=O)o1. The molecule has 9 nitrogen and oxygen atoms in total. The van der Waals surface area contributed by atoms with Gasteiger partial charge in [0.2, 0.25) is 0 Å². The second-order valence-electron chi connectivity index (χ2n) is 7.52. The molecule has 172 valence electrons. The van der Waals surface area contributed by atoms with Crippen molar-refractivity contribution in [3.05, 3.63) is 81.1 Å². The molecule has 2 amide bonds. The number of nitrogens with one attached hydrogen (secondary N) is 1. The van der Waals surface area contributed by atoms with Crippen molar-refractivity contribution in [3.63, 3.8) is 0 Å². The molecule has 1 N–H and O–H groups in total. The first kappa shape index (κ1) is 22.9. The van der Waals surface area contributed by atoms with Crippen LogP contribution in [0, 0.1) is 24.0 Å². The Hall–Kier alpha value is -4.31. The third-order valence-corrected chi connectivity index (χ3v) is 5.78. The first-order valence-corrected chi connectivity index (χ1v) is 10.5. The zero-order valence-electron chi connectivity index (χ0n) is 18.4. The number of methoxy groups -OCH3 is 1. The first-order chi connectivity index (χ1) is 16.2. The molecule has 0 bridgehead atoms. The van der Waals surface area contributed by atoms with Gasteiger partial charge in [-0.15, -0.1) is 0 Å². The number of furan rings is 1. The van der Waals surface area contributed by atoms with Gasteiger partial charge in [-0.25, -0.2) is 0 Å². The summed E-state index contributed by atoms with van der Waals surface area (Å²) >= 11 is 5.27. The van der Waals surface area contributed by atoms with Crippen LogP contribution in [0.3, 0.4) is 0 Å². The monoisotopic (exact) mass is 477 g/mol. The lowest BCUT2D eigenvalue weighted by Gasteiger charge is -2.30. The van der Waals surface area contributed by atoms with E-state index in [1.807, 2.05) is 26.0 Å². The minimum absolute atomic E-state index is 0.00315. The van der Waals surface area contributed by atoms with Crippen LogP contribution in [-0.4, -0.2) is 29.0 Å². The predicted octanol–water partition coefficient (Wildman–Crippen LogP) is 4.31. The molecule has 1 aliphatic heterocycles. The highest BCUT2D eigenvalue weighted by atomic mass is 32.1. The Balaban J connectivity index is 1.70. The summed E-state index contributed by atoms with van der Waals surface area (Å²) in [5.41, 5.74) is 2.63. The lowest BCUT2D eigenvalue weighted by Crippen LogP contribution is -2.54. The number of nitro groups is 1. The summed E-state index contributed by atoms with van der Waals surface area (Å²) in [5.74, 6) is -0.372. The van der Waals surface area contributed by atoms with Crippen molar-refractivity contribution in [1.82, 2.24) is 5.32 Å². The van der Waals surface area contributed by atoms with E-state index in [0.29, 0.717) is 17.0 Å². The molecule has 0 spiro atoms. The summed E-state index contributed by atoms with van der Waals surface area (Å²) in [6.07, 6.45) is 1.33. The highest BCUT2D eigenvalue weighted by molar-refractivity contribution is 7.80. The molecule has 0 unspecified atom stereocenters. The van der Waals surface area contributed by atoms with Gasteiger partial charge in [0, 0.05) is 6.07 Å². The van der Waals surface area contributed by atoms with Gasteiger partial charge in [-0.1, -0.05) is 12.1 Å². The van der Waals surface area contributed by atoms with Gasteiger partial charge < -0.3 is 9.15 Å². The van der Waals surface area contributed by atoms with E-state index < -0.39 is 16.7 Å². The van der Waals surface area contributed by atoms with E-state index in [-0.39, 0.29) is 27.9 Å². The van der Waals surface area contributed by atoms with Gasteiger partial charge in [0.25, 0.3) is 17.5 Å². The molecule has 1 aromatic heterocycles. The number of anilines is 1. The van der Waals surface area contributed by atoms with E-state index in [2.05, 4.69) is 5.32 Å². The van der Waals surface area contributed by atoms with Gasteiger partial charge in [0.15, 0.2) is 5.11 Å². The fourth-order valence-electron chi connectivity index (χ4n) is 3.57. The molecule has 2 aromatic carbocycles. The van der Waals surface area contributed by atoms with Crippen molar-refractivity contribution < 1.29 is 23.7 Å². The van der Waals surface area contributed by atoms with Crippen molar-refractivity contribution in [3.8, 4) is 17.1 Å². The fraction of sp³-hybridized carbons (Fsp3) is 0.125. The zero-order valence-corrected chi connectivity index (χ0v) is 19.3. The third kappa shape index (κ3) is 4.06. The number of hydrogen-bond acceptors (Lipinski definition) is 7. The topological polar surface area (TPSA) is 115 Å². The number of ether oxygens (including phenoxy) is 1. The van der Waals surface area contributed by atoms with E-state index in [9.17, 15) is 19.7 Å². The van der Waals surface area contributed by atoms with Gasteiger partial charge in [-0.2, -0.15) is 0 Å². The Labute approximate surface area is 199 Å². The maximum absolute atomic E-state index is 13.3. The Kier molecular flexibility index (Phi) is 5.99. The molecule has 0 aliphatic carbocycles. The summed E-state index contributed by atoms with van der Waals surface area (Å²) in [6.45, 7) is 3.79. The standard InChI is InChI=1S/C24H19N3O6S/c1-13-5-4-6-19(14(13)2)26-23(29)18(22(28)25-24(26)34)12-16-8-10-20(33-16)17-9-7-15(27(30)31)11-21(17)32-3/h4-12H,1-3H3,(H,25,28,34)/b18-12+. The van der Waals surface area contributed by atoms with Gasteiger partial charge in [0.05, 0.1) is 29.4 Å². The third-order valence-electron chi connectivity index (χ3n) is 5.49. The predicted molar refractivity (Wildman–Crippen MR) is 129 cm³/mol. The summed E-state index contributed by atoms with van der Waals surface area (Å²) < 4.78 is 11.1. The summed E-state index contributed by atoms with van der Waals surface area (Å²) in [6, 6.07) is 12.8. The second-order valence-corrected chi connectivity index (χ2v) is 7.91. The maximum Gasteiger partial charge on any atom is 0.273 e. The number of rotatable bonds is 5. The minimum atomic E-state index is -0.637. The number of carbonyl (C=O) groups excluding carboxylic acids is 2. The average Bonchev–Trinajstić information content (AvgIpc) is 3.27. The lowest BCUT2D eigenvalue weighted by molar-refractivity contribution is -0.384. The number of nitro benzene ring substituents is 1. The largest absolute Gasteiger partial charge is 0.496 e. The molecule has 0 radical (unpaired) electrons. The van der Waals surface area contributed by atoms with E-state index in [1.165, 1.54) is 36.3 Å². The molecule has 3 aromatic rings. The van der Waals surface area contributed by atoms with Gasteiger partial charge >= 0.3 is 0 Å². The van der Waals surface area contributed by atoms with Crippen molar-refractivity contribution in [2.75, 3.05) is 12.0 Å². The number of non-ortho nitro benzene ring substituents is 1. The van der Waals surface area contributed by atoms with Crippen LogP contribution in [0.15, 0.2) is 58.5 Å². The molecular formula is C24H19N3O6S. The quantitative estimate of drug-likeness (QED) is 0.191. The number of hydrogen-bond donors (Lipinski definition) is 1. The molecule has 34 heavy (non-hydrogen) atoms. The summed E-state index contributed by atoms with van der Waals surface area (Å²) in [4.78, 5) is 37.7. The molecule has 0 atom stereocenters. The lowest BCUT2D eigenvalue weighted by atomic mass is 10.0. The molecule has 1 aliphatic rings. The maximum atomic E-state index is 13.3. The van der Waals surface area contributed by atoms with Crippen molar-refractivity contribution in [2.24, 2.45) is 0 Å². The molecule has 1 saturated heterocycles. The number of amides is 2. The van der Waals surface area contributed by atoms with E-state index in [0.717, 1.165) is 11.1 Å². The number of carbonyl (C=O) groups is 2. The molecule has 2 heterocycles. The van der Waals surface area contributed by atoms with Crippen LogP contribution in [-0.2, 0) is 9.59 Å².